The van der Waals surface area contributed by atoms with Crippen LogP contribution in [-0.2, 0) is 18.0 Å². The third-order valence-corrected chi connectivity index (χ3v) is 6.44. The number of ether oxygens (including phenoxy) is 2. The second kappa shape index (κ2) is 11.1. The highest BCUT2D eigenvalue weighted by Crippen LogP contribution is 2.38. The minimum Gasteiger partial charge on any atom is -0.477 e. The highest BCUT2D eigenvalue weighted by Gasteiger charge is 2.36. The molecule has 12 heteroatoms. The highest BCUT2D eigenvalue weighted by molar-refractivity contribution is 5.91. The number of hydrogen-bond donors (Lipinski definition) is 0. The zero-order valence-electron chi connectivity index (χ0n) is 22.4. The Labute approximate surface area is 224 Å². The molecule has 1 aliphatic heterocycles. The Kier molecular flexibility index (Phi) is 7.99. The Morgan fingerprint density at radius 2 is 2.00 bits per heavy atom. The molecule has 1 saturated heterocycles. The number of carbonyl (C=O) groups excluding carboxylic acids is 1. The summed E-state index contributed by atoms with van der Waals surface area (Å²) in [6.45, 7) is 6.81. The minimum atomic E-state index is -4.70. The first-order chi connectivity index (χ1) is 18.4. The van der Waals surface area contributed by atoms with E-state index in [1.807, 2.05) is 26.8 Å². The number of carbonyl (C=O) groups is 1. The van der Waals surface area contributed by atoms with E-state index in [1.54, 1.807) is 28.8 Å². The van der Waals surface area contributed by atoms with Crippen molar-refractivity contribution < 1.29 is 27.4 Å². The van der Waals surface area contributed by atoms with E-state index in [-0.39, 0.29) is 29.8 Å². The van der Waals surface area contributed by atoms with Crippen LogP contribution in [0.4, 0.5) is 18.0 Å². The van der Waals surface area contributed by atoms with Crippen molar-refractivity contribution in [3.05, 3.63) is 35.9 Å². The third kappa shape index (κ3) is 6.77. The van der Waals surface area contributed by atoms with E-state index in [1.165, 1.54) is 6.20 Å². The van der Waals surface area contributed by atoms with Gasteiger partial charge < -0.3 is 18.9 Å². The summed E-state index contributed by atoms with van der Waals surface area (Å²) in [4.78, 5) is 26.2. The molecule has 1 fully saturated rings. The zero-order valence-corrected chi connectivity index (χ0v) is 22.4. The van der Waals surface area contributed by atoms with Gasteiger partial charge in [-0.05, 0) is 64.5 Å². The van der Waals surface area contributed by atoms with Crippen molar-refractivity contribution in [1.29, 1.82) is 5.26 Å². The number of rotatable bonds is 7. The molecule has 4 heterocycles. The molecule has 9 nitrogen and oxygen atoms in total. The van der Waals surface area contributed by atoms with Crippen LogP contribution in [0.25, 0.3) is 22.3 Å². The fourth-order valence-electron chi connectivity index (χ4n) is 4.57. The maximum Gasteiger partial charge on any atom is 0.421 e. The molecule has 3 aromatic rings. The third-order valence-electron chi connectivity index (χ3n) is 6.44. The predicted octanol–water partition coefficient (Wildman–Crippen LogP) is 5.73. The van der Waals surface area contributed by atoms with Crippen LogP contribution in [0.3, 0.4) is 0 Å². The molecule has 3 aromatic heterocycles. The SMILES string of the molecule is Cn1ccc2c(-c3cnc(OCCCC[C@H]4CCN(C(=O)OC(C)(C)C)C4)c(C(F)(F)F)c3)nc(C#N)nc21. The lowest BCUT2D eigenvalue weighted by Gasteiger charge is -2.24. The number of aromatic nitrogens is 4. The van der Waals surface area contributed by atoms with E-state index >= 15 is 0 Å². The number of fused-ring (bicyclic) bond motifs is 1. The van der Waals surface area contributed by atoms with Crippen LogP contribution in [0.15, 0.2) is 24.5 Å². The van der Waals surface area contributed by atoms with Gasteiger partial charge in [0, 0.05) is 43.5 Å². The maximum atomic E-state index is 13.9. The second-order valence-electron chi connectivity index (χ2n) is 10.7. The minimum absolute atomic E-state index is 0.0763. The summed E-state index contributed by atoms with van der Waals surface area (Å²) in [6.07, 6.45) is 0.942. The number of amides is 1. The van der Waals surface area contributed by atoms with Crippen LogP contribution in [-0.4, -0.2) is 55.8 Å². The normalized spacial score (nSPS) is 15.9. The van der Waals surface area contributed by atoms with E-state index in [0.29, 0.717) is 36.5 Å². The molecule has 1 amide bonds. The van der Waals surface area contributed by atoms with Crippen molar-refractivity contribution in [1.82, 2.24) is 24.4 Å². The molecule has 208 valence electrons. The van der Waals surface area contributed by atoms with Crippen LogP contribution >= 0.6 is 0 Å². The van der Waals surface area contributed by atoms with Gasteiger partial charge in [0.2, 0.25) is 11.7 Å². The van der Waals surface area contributed by atoms with Crippen molar-refractivity contribution in [2.45, 2.75) is 58.2 Å². The standard InChI is InChI=1S/C27H31F3N6O3/c1-26(2,3)39-25(37)36-11-8-17(16-36)7-5-6-12-38-24-20(27(28,29)30)13-18(15-32-24)22-19-9-10-35(4)23(19)34-21(14-31)33-22/h9-10,13,15,17H,5-8,11-12,16H2,1-4H3/t17-/m0/s1. The molecule has 1 aliphatic rings. The number of halogens is 3. The fourth-order valence-corrected chi connectivity index (χ4v) is 4.57. The number of likely N-dealkylation sites (tertiary alicyclic amines) is 1. The molecule has 0 aliphatic carbocycles. The van der Waals surface area contributed by atoms with Gasteiger partial charge in [-0.15, -0.1) is 0 Å². The lowest BCUT2D eigenvalue weighted by Crippen LogP contribution is -2.35. The number of pyridine rings is 1. The summed E-state index contributed by atoms with van der Waals surface area (Å²) >= 11 is 0. The van der Waals surface area contributed by atoms with Crippen molar-refractivity contribution >= 4 is 17.1 Å². The molecule has 0 bridgehead atoms. The zero-order chi connectivity index (χ0) is 28.4. The number of unbranched alkanes of at least 4 members (excludes halogenated alkanes) is 1. The summed E-state index contributed by atoms with van der Waals surface area (Å²) in [7, 11) is 1.72. The maximum absolute atomic E-state index is 13.9. The van der Waals surface area contributed by atoms with Gasteiger partial charge in [-0.3, -0.25) is 0 Å². The first kappa shape index (κ1) is 28.1. The van der Waals surface area contributed by atoms with Gasteiger partial charge in [-0.25, -0.2) is 19.7 Å². The Bertz CT molecular complexity index is 1390. The molecule has 0 N–H and O–H groups in total. The van der Waals surface area contributed by atoms with Crippen molar-refractivity contribution in [2.24, 2.45) is 13.0 Å². The smallest absolute Gasteiger partial charge is 0.421 e. The lowest BCUT2D eigenvalue weighted by atomic mass is 10.0. The lowest BCUT2D eigenvalue weighted by molar-refractivity contribution is -0.139. The summed E-state index contributed by atoms with van der Waals surface area (Å²) in [5, 5.41) is 9.80. The van der Waals surface area contributed by atoms with Gasteiger partial charge in [0.1, 0.15) is 22.9 Å². The number of hydrogen-bond acceptors (Lipinski definition) is 7. The Hall–Kier alpha value is -3.88. The van der Waals surface area contributed by atoms with E-state index < -0.39 is 23.2 Å². The van der Waals surface area contributed by atoms with E-state index in [9.17, 15) is 23.2 Å². The Balaban J connectivity index is 1.38. The van der Waals surface area contributed by atoms with E-state index in [2.05, 4.69) is 15.0 Å². The second-order valence-corrected chi connectivity index (χ2v) is 10.7. The molecular weight excluding hydrogens is 513 g/mol. The fraction of sp³-hybridized carbons (Fsp3) is 0.519. The van der Waals surface area contributed by atoms with Crippen LogP contribution in [0.5, 0.6) is 5.88 Å². The summed E-state index contributed by atoms with van der Waals surface area (Å²) in [6, 6.07) is 4.48. The van der Waals surface area contributed by atoms with Crippen LogP contribution < -0.4 is 4.74 Å². The average Bonchev–Trinajstić information content (AvgIpc) is 3.49. The molecule has 0 aromatic carbocycles. The summed E-state index contributed by atoms with van der Waals surface area (Å²) in [5.74, 6) is -0.326. The molecular formula is C27H31F3N6O3. The van der Waals surface area contributed by atoms with Crippen molar-refractivity contribution in [2.75, 3.05) is 19.7 Å². The topological polar surface area (TPSA) is 106 Å². The first-order valence-corrected chi connectivity index (χ1v) is 12.8. The van der Waals surface area contributed by atoms with Gasteiger partial charge in [0.05, 0.1) is 12.3 Å². The average molecular weight is 545 g/mol. The van der Waals surface area contributed by atoms with E-state index in [0.717, 1.165) is 25.3 Å². The van der Waals surface area contributed by atoms with Gasteiger partial charge in [-0.2, -0.15) is 18.4 Å². The van der Waals surface area contributed by atoms with Gasteiger partial charge in [0.25, 0.3) is 0 Å². The molecule has 39 heavy (non-hydrogen) atoms. The molecule has 0 radical (unpaired) electrons. The van der Waals surface area contributed by atoms with Gasteiger partial charge in [0.15, 0.2) is 0 Å². The highest BCUT2D eigenvalue weighted by atomic mass is 19.4. The summed E-state index contributed by atoms with van der Waals surface area (Å²) in [5.41, 5.74) is -0.818. The molecule has 4 rings (SSSR count). The van der Waals surface area contributed by atoms with Crippen LogP contribution in [0, 0.1) is 17.2 Å². The molecule has 0 unspecified atom stereocenters. The molecule has 0 saturated carbocycles. The van der Waals surface area contributed by atoms with Gasteiger partial charge in [-0.1, -0.05) is 0 Å². The Morgan fingerprint density at radius 3 is 2.69 bits per heavy atom. The predicted molar refractivity (Wildman–Crippen MR) is 137 cm³/mol. The largest absolute Gasteiger partial charge is 0.477 e. The van der Waals surface area contributed by atoms with E-state index in [4.69, 9.17) is 9.47 Å². The van der Waals surface area contributed by atoms with Crippen molar-refractivity contribution in [3.8, 4) is 23.2 Å². The van der Waals surface area contributed by atoms with Crippen molar-refractivity contribution in [3.63, 3.8) is 0 Å². The van der Waals surface area contributed by atoms with Crippen LogP contribution in [0.2, 0.25) is 0 Å². The Morgan fingerprint density at radius 1 is 1.23 bits per heavy atom. The molecule has 0 spiro atoms. The number of nitriles is 1. The quantitative estimate of drug-likeness (QED) is 0.350. The molecule has 1 atom stereocenters. The number of alkyl halides is 3. The van der Waals surface area contributed by atoms with Gasteiger partial charge >= 0.3 is 12.3 Å². The summed E-state index contributed by atoms with van der Waals surface area (Å²) < 4.78 is 54.4. The first-order valence-electron chi connectivity index (χ1n) is 12.8. The number of aryl methyl sites for hydroxylation is 1. The monoisotopic (exact) mass is 544 g/mol. The van der Waals surface area contributed by atoms with Crippen LogP contribution in [0.1, 0.15) is 57.8 Å². The number of nitrogens with zero attached hydrogens (tertiary/aromatic N) is 6.